The molecule has 1 heterocycles. The Balaban J connectivity index is 2.36. The van der Waals surface area contributed by atoms with E-state index in [4.69, 9.17) is 4.74 Å². The first-order valence-electron chi connectivity index (χ1n) is 6.95. The molecule has 98 valence electrons. The molecule has 0 saturated carbocycles. The van der Waals surface area contributed by atoms with Crippen LogP contribution >= 0.6 is 0 Å². The molecule has 0 radical (unpaired) electrons. The molecule has 0 aliphatic heterocycles. The molecule has 1 aromatic carbocycles. The van der Waals surface area contributed by atoms with Gasteiger partial charge in [0.15, 0.2) is 0 Å². The predicted molar refractivity (Wildman–Crippen MR) is 77.4 cm³/mol. The molecular weight excluding hydrogens is 222 g/mol. The third-order valence-corrected chi connectivity index (χ3v) is 3.76. The number of methoxy groups -OCH3 is 1. The van der Waals surface area contributed by atoms with Crippen LogP contribution in [0.1, 0.15) is 51.0 Å². The number of benzene rings is 1. The van der Waals surface area contributed by atoms with Gasteiger partial charge in [-0.3, -0.25) is 0 Å². The average Bonchev–Trinajstić information content (AvgIpc) is 2.83. The molecule has 2 heteroatoms. The Morgan fingerprint density at radius 2 is 2.11 bits per heavy atom. The quantitative estimate of drug-likeness (QED) is 0.772. The lowest BCUT2D eigenvalue weighted by molar-refractivity contribution is 0.415. The summed E-state index contributed by atoms with van der Waals surface area (Å²) in [5.74, 6) is 1.60. The second-order valence-electron chi connectivity index (χ2n) is 4.90. The van der Waals surface area contributed by atoms with Crippen LogP contribution in [0.3, 0.4) is 0 Å². The Bertz CT molecular complexity index is 501. The normalized spacial score (nSPS) is 12.8. The number of fused-ring (bicyclic) bond motifs is 1. The van der Waals surface area contributed by atoms with Crippen molar-refractivity contribution in [3.63, 3.8) is 0 Å². The van der Waals surface area contributed by atoms with Gasteiger partial charge in [0.05, 0.1) is 7.11 Å². The van der Waals surface area contributed by atoms with Crippen molar-refractivity contribution in [1.82, 2.24) is 4.98 Å². The van der Waals surface area contributed by atoms with E-state index in [1.807, 2.05) is 6.07 Å². The van der Waals surface area contributed by atoms with Crippen molar-refractivity contribution < 1.29 is 4.74 Å². The highest BCUT2D eigenvalue weighted by molar-refractivity contribution is 5.85. The van der Waals surface area contributed by atoms with Gasteiger partial charge in [0.1, 0.15) is 5.75 Å². The van der Waals surface area contributed by atoms with E-state index in [-0.39, 0.29) is 0 Å². The first-order valence-corrected chi connectivity index (χ1v) is 6.95. The summed E-state index contributed by atoms with van der Waals surface area (Å²) in [6.45, 7) is 4.53. The van der Waals surface area contributed by atoms with Crippen LogP contribution in [-0.4, -0.2) is 12.1 Å². The summed E-state index contributed by atoms with van der Waals surface area (Å²) in [5, 5.41) is 1.32. The second-order valence-corrected chi connectivity index (χ2v) is 4.90. The Hall–Kier alpha value is -1.44. The van der Waals surface area contributed by atoms with Crippen molar-refractivity contribution >= 4 is 10.9 Å². The van der Waals surface area contributed by atoms with Crippen LogP contribution in [0.5, 0.6) is 5.75 Å². The maximum atomic E-state index is 5.33. The van der Waals surface area contributed by atoms with Gasteiger partial charge in [0.25, 0.3) is 0 Å². The summed E-state index contributed by atoms with van der Waals surface area (Å²) < 4.78 is 5.33. The zero-order valence-corrected chi connectivity index (χ0v) is 11.6. The highest BCUT2D eigenvalue weighted by Crippen LogP contribution is 2.33. The molecule has 0 aliphatic carbocycles. The molecule has 18 heavy (non-hydrogen) atoms. The zero-order valence-electron chi connectivity index (χ0n) is 11.6. The Labute approximate surface area is 109 Å². The molecule has 0 spiro atoms. The lowest BCUT2D eigenvalue weighted by atomic mass is 9.91. The number of hydrogen-bond acceptors (Lipinski definition) is 1. The number of hydrogen-bond donors (Lipinski definition) is 1. The van der Waals surface area contributed by atoms with E-state index in [0.717, 1.165) is 5.75 Å². The zero-order chi connectivity index (χ0) is 13.0. The van der Waals surface area contributed by atoms with Gasteiger partial charge in [-0.15, -0.1) is 0 Å². The Morgan fingerprint density at radius 3 is 2.78 bits per heavy atom. The SMILES string of the molecule is CCCCC(CC)c1c[nH]c2ccc(OC)cc12. The van der Waals surface area contributed by atoms with Crippen LogP contribution in [-0.2, 0) is 0 Å². The topological polar surface area (TPSA) is 25.0 Å². The standard InChI is InChI=1S/C16H23NO/c1-4-6-7-12(5-2)15-11-17-16-9-8-13(18-3)10-14(15)16/h8-12,17H,4-7H2,1-3H3. The molecule has 2 aromatic rings. The molecule has 1 unspecified atom stereocenters. The average molecular weight is 245 g/mol. The van der Waals surface area contributed by atoms with Gasteiger partial charge in [-0.25, -0.2) is 0 Å². The van der Waals surface area contributed by atoms with Crippen LogP contribution in [0.2, 0.25) is 0 Å². The predicted octanol–water partition coefficient (Wildman–Crippen LogP) is 4.86. The van der Waals surface area contributed by atoms with E-state index in [1.165, 1.54) is 42.1 Å². The van der Waals surface area contributed by atoms with E-state index < -0.39 is 0 Å². The summed E-state index contributed by atoms with van der Waals surface area (Å²) in [6, 6.07) is 6.26. The monoisotopic (exact) mass is 245 g/mol. The summed E-state index contributed by atoms with van der Waals surface area (Å²) in [7, 11) is 1.72. The van der Waals surface area contributed by atoms with Crippen molar-refractivity contribution in [1.29, 1.82) is 0 Å². The first-order chi connectivity index (χ1) is 8.80. The molecule has 0 fully saturated rings. The number of H-pyrrole nitrogens is 1. The molecule has 2 rings (SSSR count). The fourth-order valence-electron chi connectivity index (χ4n) is 2.62. The number of nitrogens with one attached hydrogen (secondary N) is 1. The van der Waals surface area contributed by atoms with E-state index >= 15 is 0 Å². The van der Waals surface area contributed by atoms with Crippen LogP contribution in [0.15, 0.2) is 24.4 Å². The molecule has 1 atom stereocenters. The fourth-order valence-corrected chi connectivity index (χ4v) is 2.62. The number of rotatable bonds is 6. The number of aromatic amines is 1. The first kappa shape index (κ1) is 13.0. The largest absolute Gasteiger partial charge is 0.497 e. The maximum Gasteiger partial charge on any atom is 0.119 e. The summed E-state index contributed by atoms with van der Waals surface area (Å²) in [6.07, 6.45) is 7.21. The molecule has 0 saturated heterocycles. The third-order valence-electron chi connectivity index (χ3n) is 3.76. The van der Waals surface area contributed by atoms with E-state index in [1.54, 1.807) is 7.11 Å². The van der Waals surface area contributed by atoms with Crippen LogP contribution < -0.4 is 4.74 Å². The van der Waals surface area contributed by atoms with Crippen molar-refractivity contribution in [2.75, 3.05) is 7.11 Å². The summed E-state index contributed by atoms with van der Waals surface area (Å²) in [4.78, 5) is 3.38. The van der Waals surface area contributed by atoms with Crippen molar-refractivity contribution in [3.05, 3.63) is 30.0 Å². The van der Waals surface area contributed by atoms with Gasteiger partial charge in [-0.05, 0) is 42.5 Å². The molecule has 0 aliphatic rings. The van der Waals surface area contributed by atoms with E-state index in [9.17, 15) is 0 Å². The molecule has 1 aromatic heterocycles. The van der Waals surface area contributed by atoms with Gasteiger partial charge in [0, 0.05) is 17.1 Å². The smallest absolute Gasteiger partial charge is 0.119 e. The minimum Gasteiger partial charge on any atom is -0.497 e. The van der Waals surface area contributed by atoms with E-state index in [0.29, 0.717) is 5.92 Å². The van der Waals surface area contributed by atoms with Gasteiger partial charge in [-0.1, -0.05) is 26.7 Å². The fraction of sp³-hybridized carbons (Fsp3) is 0.500. The summed E-state index contributed by atoms with van der Waals surface area (Å²) in [5.41, 5.74) is 2.65. The number of aromatic nitrogens is 1. The Kier molecular flexibility index (Phi) is 4.29. The lowest BCUT2D eigenvalue weighted by Gasteiger charge is -2.13. The lowest BCUT2D eigenvalue weighted by Crippen LogP contribution is -1.96. The number of ether oxygens (including phenoxy) is 1. The third kappa shape index (κ3) is 2.53. The van der Waals surface area contributed by atoms with Crippen molar-refractivity contribution in [3.8, 4) is 5.75 Å². The molecular formula is C16H23NO. The van der Waals surface area contributed by atoms with Crippen molar-refractivity contribution in [2.24, 2.45) is 0 Å². The molecule has 1 N–H and O–H groups in total. The highest BCUT2D eigenvalue weighted by Gasteiger charge is 2.14. The highest BCUT2D eigenvalue weighted by atomic mass is 16.5. The van der Waals surface area contributed by atoms with E-state index in [2.05, 4.69) is 37.2 Å². The van der Waals surface area contributed by atoms with Gasteiger partial charge >= 0.3 is 0 Å². The van der Waals surface area contributed by atoms with Gasteiger partial charge < -0.3 is 9.72 Å². The van der Waals surface area contributed by atoms with Crippen LogP contribution in [0.25, 0.3) is 10.9 Å². The number of unbranched alkanes of at least 4 members (excludes halogenated alkanes) is 1. The van der Waals surface area contributed by atoms with Gasteiger partial charge in [-0.2, -0.15) is 0 Å². The minimum atomic E-state index is 0.658. The minimum absolute atomic E-state index is 0.658. The van der Waals surface area contributed by atoms with Crippen molar-refractivity contribution in [2.45, 2.75) is 45.4 Å². The molecule has 0 amide bonds. The summed E-state index contributed by atoms with van der Waals surface area (Å²) >= 11 is 0. The van der Waals surface area contributed by atoms with Gasteiger partial charge in [0.2, 0.25) is 0 Å². The maximum absolute atomic E-state index is 5.33. The van der Waals surface area contributed by atoms with Crippen LogP contribution in [0.4, 0.5) is 0 Å². The van der Waals surface area contributed by atoms with Crippen LogP contribution in [0, 0.1) is 0 Å². The molecule has 0 bridgehead atoms. The molecule has 2 nitrogen and oxygen atoms in total. The second kappa shape index (κ2) is 5.94. The Morgan fingerprint density at radius 1 is 1.28 bits per heavy atom.